The van der Waals surface area contributed by atoms with Crippen LogP contribution in [0.5, 0.6) is 0 Å². The van der Waals surface area contributed by atoms with Crippen LogP contribution in [0.15, 0.2) is 29.1 Å². The first kappa shape index (κ1) is 13.8. The number of nitrogens with zero attached hydrogens (tertiary/aromatic N) is 2. The maximum absolute atomic E-state index is 12.7. The van der Waals surface area contributed by atoms with Crippen molar-refractivity contribution in [3.05, 3.63) is 45.9 Å². The van der Waals surface area contributed by atoms with E-state index in [1.807, 2.05) is 25.1 Å². The number of hydrogen-bond acceptors (Lipinski definition) is 3. The van der Waals surface area contributed by atoms with Crippen LogP contribution in [0.2, 0.25) is 0 Å². The Morgan fingerprint density at radius 2 is 2.05 bits per heavy atom. The van der Waals surface area contributed by atoms with Gasteiger partial charge < -0.3 is 4.57 Å². The van der Waals surface area contributed by atoms with Gasteiger partial charge in [-0.3, -0.25) is 14.4 Å². The minimum atomic E-state index is -0.302. The second kappa shape index (κ2) is 5.00. The first-order valence-corrected chi connectivity index (χ1v) is 7.01. The summed E-state index contributed by atoms with van der Waals surface area (Å²) < 4.78 is 1.62. The number of fused-ring (bicyclic) bond motifs is 1. The molecule has 0 saturated heterocycles. The maximum atomic E-state index is 12.7. The van der Waals surface area contributed by atoms with E-state index < -0.39 is 0 Å². The van der Waals surface area contributed by atoms with Crippen LogP contribution in [-0.4, -0.2) is 29.7 Å². The molecule has 1 aliphatic carbocycles. The van der Waals surface area contributed by atoms with Gasteiger partial charge in [-0.15, -0.1) is 0 Å². The number of hydrogen-bond donors (Lipinski definition) is 0. The van der Waals surface area contributed by atoms with E-state index in [1.54, 1.807) is 17.7 Å². The van der Waals surface area contributed by atoms with Gasteiger partial charge in [0, 0.05) is 18.5 Å². The lowest BCUT2D eigenvalue weighted by atomic mass is 10.1. The van der Waals surface area contributed by atoms with Crippen molar-refractivity contribution in [3.8, 4) is 0 Å². The van der Waals surface area contributed by atoms with Crippen LogP contribution < -0.4 is 5.56 Å². The van der Waals surface area contributed by atoms with Gasteiger partial charge in [0.05, 0.1) is 7.11 Å². The molecule has 1 aliphatic rings. The molecule has 1 amide bonds. The molecular formula is C16H18N2O3. The maximum Gasteiger partial charge on any atom is 0.293 e. The molecule has 0 bridgehead atoms. The number of carbonyl (C=O) groups is 1. The predicted molar refractivity (Wildman–Crippen MR) is 80.3 cm³/mol. The summed E-state index contributed by atoms with van der Waals surface area (Å²) in [6.07, 6.45) is 1.88. The van der Waals surface area contributed by atoms with Crippen LogP contribution in [0.25, 0.3) is 10.8 Å². The van der Waals surface area contributed by atoms with E-state index in [4.69, 9.17) is 4.84 Å². The monoisotopic (exact) mass is 286 g/mol. The Bertz CT molecular complexity index is 775. The molecule has 21 heavy (non-hydrogen) atoms. The van der Waals surface area contributed by atoms with Crippen LogP contribution in [0.3, 0.4) is 0 Å². The lowest BCUT2D eigenvalue weighted by molar-refractivity contribution is -0.0763. The summed E-state index contributed by atoms with van der Waals surface area (Å²) in [5.41, 5.74) is 1.34. The van der Waals surface area contributed by atoms with Crippen LogP contribution in [0, 0.1) is 6.92 Å². The number of carbonyl (C=O) groups excluding carboxylic acids is 1. The van der Waals surface area contributed by atoms with Gasteiger partial charge in [0.2, 0.25) is 0 Å². The largest absolute Gasteiger partial charge is 0.300 e. The molecule has 110 valence electrons. The van der Waals surface area contributed by atoms with Crippen LogP contribution >= 0.6 is 0 Å². The Kier molecular flexibility index (Phi) is 3.29. The normalized spacial score (nSPS) is 14.4. The third-order valence-electron chi connectivity index (χ3n) is 3.90. The van der Waals surface area contributed by atoms with Crippen molar-refractivity contribution in [3.63, 3.8) is 0 Å². The van der Waals surface area contributed by atoms with Gasteiger partial charge in [-0.2, -0.15) is 0 Å². The fraction of sp³-hybridized carbons (Fsp3) is 0.375. The third kappa shape index (κ3) is 2.34. The standard InChI is InChI=1S/C16H18N2O3/c1-10-4-5-11-9-14(16(20)17(2)21-3)18(12-6-7-12)15(19)13(11)8-10/h4-5,8-9,12H,6-7H2,1-3H3. The van der Waals surface area contributed by atoms with E-state index in [0.717, 1.165) is 28.9 Å². The molecule has 1 aromatic heterocycles. The van der Waals surface area contributed by atoms with Crippen molar-refractivity contribution in [2.75, 3.05) is 14.2 Å². The van der Waals surface area contributed by atoms with Gasteiger partial charge in [0.15, 0.2) is 0 Å². The molecule has 0 aliphatic heterocycles. The molecule has 1 fully saturated rings. The minimum Gasteiger partial charge on any atom is -0.300 e. The summed E-state index contributed by atoms with van der Waals surface area (Å²) >= 11 is 0. The van der Waals surface area contributed by atoms with Gasteiger partial charge in [-0.1, -0.05) is 17.7 Å². The Morgan fingerprint density at radius 3 is 2.67 bits per heavy atom. The topological polar surface area (TPSA) is 51.5 Å². The smallest absolute Gasteiger partial charge is 0.293 e. The van der Waals surface area contributed by atoms with Crippen molar-refractivity contribution < 1.29 is 9.63 Å². The average molecular weight is 286 g/mol. The quantitative estimate of drug-likeness (QED) is 0.813. The number of aromatic nitrogens is 1. The number of aryl methyl sites for hydroxylation is 1. The number of amides is 1. The van der Waals surface area contributed by atoms with Crippen LogP contribution in [-0.2, 0) is 4.84 Å². The summed E-state index contributed by atoms with van der Waals surface area (Å²) in [6.45, 7) is 1.96. The fourth-order valence-electron chi connectivity index (χ4n) is 2.54. The second-order valence-electron chi connectivity index (χ2n) is 5.51. The molecule has 0 unspecified atom stereocenters. The van der Waals surface area contributed by atoms with Crippen molar-refractivity contribution in [1.82, 2.24) is 9.63 Å². The number of rotatable bonds is 3. The van der Waals surface area contributed by atoms with Gasteiger partial charge in [0.25, 0.3) is 11.5 Å². The van der Waals surface area contributed by atoms with E-state index in [2.05, 4.69) is 0 Å². The first-order valence-electron chi connectivity index (χ1n) is 7.01. The van der Waals surface area contributed by atoms with Crippen molar-refractivity contribution >= 4 is 16.7 Å². The lowest BCUT2D eigenvalue weighted by Gasteiger charge is -2.18. The molecule has 5 heteroatoms. The van der Waals surface area contributed by atoms with Crippen molar-refractivity contribution in [1.29, 1.82) is 0 Å². The molecule has 3 rings (SSSR count). The molecule has 1 heterocycles. The Hall–Kier alpha value is -2.14. The first-order chi connectivity index (χ1) is 10.0. The zero-order chi connectivity index (χ0) is 15.1. The SMILES string of the molecule is CON(C)C(=O)c1cc2ccc(C)cc2c(=O)n1C1CC1. The second-order valence-corrected chi connectivity index (χ2v) is 5.51. The molecular weight excluding hydrogens is 268 g/mol. The van der Waals surface area contributed by atoms with Crippen molar-refractivity contribution in [2.45, 2.75) is 25.8 Å². The average Bonchev–Trinajstić information content (AvgIpc) is 3.30. The Balaban J connectivity index is 2.28. The number of hydroxylamine groups is 2. The molecule has 2 aromatic rings. The molecule has 0 N–H and O–H groups in total. The highest BCUT2D eigenvalue weighted by Crippen LogP contribution is 2.35. The van der Waals surface area contributed by atoms with Crippen LogP contribution in [0.4, 0.5) is 0 Å². The highest BCUT2D eigenvalue weighted by molar-refractivity contribution is 5.96. The zero-order valence-electron chi connectivity index (χ0n) is 12.4. The molecule has 0 atom stereocenters. The van der Waals surface area contributed by atoms with E-state index in [1.165, 1.54) is 7.11 Å². The summed E-state index contributed by atoms with van der Waals surface area (Å²) in [6, 6.07) is 7.62. The highest BCUT2D eigenvalue weighted by Gasteiger charge is 2.30. The van der Waals surface area contributed by atoms with Gasteiger partial charge in [0.1, 0.15) is 5.69 Å². The number of benzene rings is 1. The fourth-order valence-corrected chi connectivity index (χ4v) is 2.54. The summed E-state index contributed by atoms with van der Waals surface area (Å²) in [5, 5.41) is 2.60. The minimum absolute atomic E-state index is 0.0912. The molecule has 0 spiro atoms. The summed E-state index contributed by atoms with van der Waals surface area (Å²) in [4.78, 5) is 30.1. The van der Waals surface area contributed by atoms with Gasteiger partial charge >= 0.3 is 0 Å². The molecule has 5 nitrogen and oxygen atoms in total. The Labute approximate surface area is 122 Å². The van der Waals surface area contributed by atoms with Crippen molar-refractivity contribution in [2.24, 2.45) is 0 Å². The third-order valence-corrected chi connectivity index (χ3v) is 3.90. The highest BCUT2D eigenvalue weighted by atomic mass is 16.7. The van der Waals surface area contributed by atoms with E-state index >= 15 is 0 Å². The van der Waals surface area contributed by atoms with Gasteiger partial charge in [-0.25, -0.2) is 5.06 Å². The Morgan fingerprint density at radius 1 is 1.33 bits per heavy atom. The number of pyridine rings is 1. The lowest BCUT2D eigenvalue weighted by Crippen LogP contribution is -2.33. The van der Waals surface area contributed by atoms with E-state index in [9.17, 15) is 9.59 Å². The van der Waals surface area contributed by atoms with E-state index in [0.29, 0.717) is 11.1 Å². The molecule has 1 aromatic carbocycles. The van der Waals surface area contributed by atoms with Gasteiger partial charge in [-0.05, 0) is 37.3 Å². The van der Waals surface area contributed by atoms with E-state index in [-0.39, 0.29) is 17.5 Å². The summed E-state index contributed by atoms with van der Waals surface area (Å²) in [5.74, 6) is -0.302. The molecule has 0 radical (unpaired) electrons. The predicted octanol–water partition coefficient (Wildman–Crippen LogP) is 2.28. The summed E-state index contributed by atoms with van der Waals surface area (Å²) in [7, 11) is 2.98. The van der Waals surface area contributed by atoms with Crippen LogP contribution in [0.1, 0.15) is 34.9 Å². The zero-order valence-corrected chi connectivity index (χ0v) is 12.4. The molecule has 1 saturated carbocycles.